The van der Waals surface area contributed by atoms with Crippen LogP contribution in [0.4, 0.5) is 13.2 Å². The van der Waals surface area contributed by atoms with Crippen molar-refractivity contribution in [3.05, 3.63) is 35.4 Å². The van der Waals surface area contributed by atoms with Crippen LogP contribution in [-0.4, -0.2) is 18.4 Å². The fourth-order valence-electron chi connectivity index (χ4n) is 1.26. The van der Waals surface area contributed by atoms with Gasteiger partial charge in [0.1, 0.15) is 6.54 Å². The van der Waals surface area contributed by atoms with Crippen molar-refractivity contribution in [3.8, 4) is 0 Å². The maximum absolute atomic E-state index is 12.2. The quantitative estimate of drug-likeness (QED) is 0.691. The highest BCUT2D eigenvalue weighted by molar-refractivity contribution is 6.04. The van der Waals surface area contributed by atoms with E-state index in [9.17, 15) is 18.0 Å². The molecule has 0 unspecified atom stereocenters. The molecule has 0 saturated carbocycles. The Labute approximate surface area is 88.6 Å². The first-order valence-electron chi connectivity index (χ1n) is 4.39. The number of alkyl halides is 3. The molecule has 1 aromatic carbocycles. The highest BCUT2D eigenvalue weighted by atomic mass is 19.4. The molecule has 6 heteroatoms. The van der Waals surface area contributed by atoms with Gasteiger partial charge in [0, 0.05) is 5.56 Å². The van der Waals surface area contributed by atoms with E-state index in [1.165, 1.54) is 12.1 Å². The summed E-state index contributed by atoms with van der Waals surface area (Å²) in [7, 11) is 0. The van der Waals surface area contributed by atoms with Crippen molar-refractivity contribution in [2.45, 2.75) is 6.18 Å². The molecular formula is C10H6F3NO2. The van der Waals surface area contributed by atoms with E-state index in [0.29, 0.717) is 5.56 Å². The smallest absolute Gasteiger partial charge is 0.406 e. The number of esters is 1. The minimum absolute atomic E-state index is 0.0683. The molecule has 0 amide bonds. The topological polar surface area (TPSA) is 38.7 Å². The number of cyclic esters (lactones) is 1. The van der Waals surface area contributed by atoms with Gasteiger partial charge in [-0.1, -0.05) is 0 Å². The van der Waals surface area contributed by atoms with Crippen LogP contribution in [0.15, 0.2) is 29.3 Å². The van der Waals surface area contributed by atoms with Gasteiger partial charge >= 0.3 is 12.1 Å². The summed E-state index contributed by atoms with van der Waals surface area (Å²) in [6.45, 7) is -0.0869. The molecule has 0 aliphatic carbocycles. The minimum Gasteiger partial charge on any atom is -0.406 e. The number of halogens is 3. The van der Waals surface area contributed by atoms with Crippen molar-refractivity contribution in [2.75, 3.05) is 6.54 Å². The summed E-state index contributed by atoms with van der Waals surface area (Å²) >= 11 is 0. The molecule has 0 spiro atoms. The summed E-state index contributed by atoms with van der Waals surface area (Å²) in [4.78, 5) is 14.5. The lowest BCUT2D eigenvalue weighted by molar-refractivity contribution is -0.137. The molecule has 0 atom stereocenters. The monoisotopic (exact) mass is 229 g/mol. The number of carbonyl (C=O) groups excluding carboxylic acids is 1. The lowest BCUT2D eigenvalue weighted by atomic mass is 10.1. The predicted molar refractivity (Wildman–Crippen MR) is 48.9 cm³/mol. The van der Waals surface area contributed by atoms with E-state index in [2.05, 4.69) is 4.99 Å². The summed E-state index contributed by atoms with van der Waals surface area (Å²) in [5, 5.41) is 0. The van der Waals surface area contributed by atoms with Crippen LogP contribution in [0.2, 0.25) is 0 Å². The maximum Gasteiger partial charge on any atom is 0.416 e. The number of hydrogen-bond acceptors (Lipinski definition) is 3. The Bertz CT molecular complexity index is 448. The van der Waals surface area contributed by atoms with Gasteiger partial charge in [-0.15, -0.1) is 0 Å². The molecule has 0 saturated heterocycles. The fourth-order valence-corrected chi connectivity index (χ4v) is 1.26. The number of carbonyl (C=O) groups is 1. The Morgan fingerprint density at radius 3 is 2.25 bits per heavy atom. The number of nitrogens with zero attached hydrogens (tertiary/aromatic N) is 1. The van der Waals surface area contributed by atoms with Gasteiger partial charge in [-0.25, -0.2) is 9.79 Å². The molecule has 0 fully saturated rings. The summed E-state index contributed by atoms with van der Waals surface area (Å²) in [6.07, 6.45) is -4.37. The van der Waals surface area contributed by atoms with Crippen LogP contribution in [0.1, 0.15) is 11.1 Å². The van der Waals surface area contributed by atoms with Crippen molar-refractivity contribution in [1.29, 1.82) is 0 Å². The first-order valence-corrected chi connectivity index (χ1v) is 4.39. The van der Waals surface area contributed by atoms with Crippen molar-refractivity contribution in [2.24, 2.45) is 4.99 Å². The largest absolute Gasteiger partial charge is 0.416 e. The van der Waals surface area contributed by atoms with Gasteiger partial charge in [0.15, 0.2) is 0 Å². The van der Waals surface area contributed by atoms with Gasteiger partial charge in [-0.05, 0) is 24.3 Å². The zero-order valence-corrected chi connectivity index (χ0v) is 7.91. The summed E-state index contributed by atoms with van der Waals surface area (Å²) < 4.78 is 41.4. The molecular weight excluding hydrogens is 223 g/mol. The molecule has 1 heterocycles. The molecule has 3 nitrogen and oxygen atoms in total. The second-order valence-corrected chi connectivity index (χ2v) is 3.17. The van der Waals surface area contributed by atoms with Gasteiger partial charge < -0.3 is 4.74 Å². The van der Waals surface area contributed by atoms with Crippen LogP contribution in [0, 0.1) is 0 Å². The fraction of sp³-hybridized carbons (Fsp3) is 0.200. The highest BCUT2D eigenvalue weighted by Gasteiger charge is 2.30. The molecule has 1 aliphatic heterocycles. The Hall–Kier alpha value is -1.85. The molecule has 0 aromatic heterocycles. The Kier molecular flexibility index (Phi) is 2.41. The Morgan fingerprint density at radius 1 is 1.19 bits per heavy atom. The lowest BCUT2D eigenvalue weighted by Gasteiger charge is -2.06. The summed E-state index contributed by atoms with van der Waals surface area (Å²) in [5.74, 6) is -0.436. The standard InChI is InChI=1S/C10H6F3NO2/c11-10(12,13)7-3-1-6(2-4-7)9-14-5-8(15)16-9/h1-4H,5H2. The van der Waals surface area contributed by atoms with E-state index in [4.69, 9.17) is 4.74 Å². The highest BCUT2D eigenvalue weighted by Crippen LogP contribution is 2.29. The predicted octanol–water partition coefficient (Wildman–Crippen LogP) is 2.01. The van der Waals surface area contributed by atoms with Crippen molar-refractivity contribution in [3.63, 3.8) is 0 Å². The molecule has 0 N–H and O–H groups in total. The average molecular weight is 229 g/mol. The maximum atomic E-state index is 12.2. The molecule has 1 aromatic rings. The van der Waals surface area contributed by atoms with Crippen molar-refractivity contribution >= 4 is 11.9 Å². The zero-order chi connectivity index (χ0) is 11.8. The molecule has 84 valence electrons. The first kappa shape index (κ1) is 10.7. The minimum atomic E-state index is -4.37. The van der Waals surface area contributed by atoms with Crippen LogP contribution in [0.3, 0.4) is 0 Å². The number of rotatable bonds is 1. The van der Waals surface area contributed by atoms with Gasteiger partial charge in [0.25, 0.3) is 0 Å². The molecule has 1 aliphatic rings. The number of ether oxygens (including phenoxy) is 1. The van der Waals surface area contributed by atoms with E-state index < -0.39 is 17.7 Å². The second kappa shape index (κ2) is 3.62. The zero-order valence-electron chi connectivity index (χ0n) is 7.91. The Balaban J connectivity index is 2.23. The van der Waals surface area contributed by atoms with E-state index in [0.717, 1.165) is 12.1 Å². The lowest BCUT2D eigenvalue weighted by Crippen LogP contribution is -2.08. The van der Waals surface area contributed by atoms with E-state index in [1.54, 1.807) is 0 Å². The second-order valence-electron chi connectivity index (χ2n) is 3.17. The van der Waals surface area contributed by atoms with Gasteiger partial charge in [-0.2, -0.15) is 13.2 Å². The van der Waals surface area contributed by atoms with Crippen LogP contribution < -0.4 is 0 Å². The van der Waals surface area contributed by atoms with E-state index >= 15 is 0 Å². The normalized spacial score (nSPS) is 15.9. The molecule has 0 radical (unpaired) electrons. The van der Waals surface area contributed by atoms with Crippen LogP contribution in [-0.2, 0) is 15.7 Å². The summed E-state index contributed by atoms with van der Waals surface area (Å²) in [6, 6.07) is 4.29. The van der Waals surface area contributed by atoms with Gasteiger partial charge in [-0.3, -0.25) is 0 Å². The molecule has 0 bridgehead atoms. The van der Waals surface area contributed by atoms with E-state index in [1.807, 2.05) is 0 Å². The van der Waals surface area contributed by atoms with Crippen LogP contribution in [0.5, 0.6) is 0 Å². The van der Waals surface area contributed by atoms with Crippen LogP contribution in [0.25, 0.3) is 0 Å². The third kappa shape index (κ3) is 2.05. The van der Waals surface area contributed by atoms with Gasteiger partial charge in [0.05, 0.1) is 5.56 Å². The molecule has 2 rings (SSSR count). The third-order valence-electron chi connectivity index (χ3n) is 2.02. The first-order chi connectivity index (χ1) is 7.47. The van der Waals surface area contributed by atoms with Gasteiger partial charge in [0.2, 0.25) is 5.90 Å². The number of hydrogen-bond donors (Lipinski definition) is 0. The van der Waals surface area contributed by atoms with Crippen molar-refractivity contribution < 1.29 is 22.7 Å². The number of aliphatic imine (C=N–C) groups is 1. The molecule has 16 heavy (non-hydrogen) atoms. The van der Waals surface area contributed by atoms with Crippen LogP contribution >= 0.6 is 0 Å². The third-order valence-corrected chi connectivity index (χ3v) is 2.02. The average Bonchev–Trinajstić information content (AvgIpc) is 2.64. The van der Waals surface area contributed by atoms with Crippen molar-refractivity contribution in [1.82, 2.24) is 0 Å². The number of benzene rings is 1. The SMILES string of the molecule is O=C1CN=C(c2ccc(C(F)(F)F)cc2)O1. The Morgan fingerprint density at radius 2 is 1.81 bits per heavy atom. The van der Waals surface area contributed by atoms with E-state index in [-0.39, 0.29) is 12.4 Å². The summed E-state index contributed by atoms with van der Waals surface area (Å²) in [5.41, 5.74) is -0.389.